The highest BCUT2D eigenvalue weighted by atomic mass is 16.5. The van der Waals surface area contributed by atoms with Crippen LogP contribution in [0.2, 0.25) is 0 Å². The molecule has 0 aliphatic heterocycles. The molecule has 4 aromatic carbocycles. The Morgan fingerprint density at radius 3 is 2.14 bits per heavy atom. The van der Waals surface area contributed by atoms with Crippen LogP contribution < -0.4 is 4.74 Å². The van der Waals surface area contributed by atoms with E-state index in [0.29, 0.717) is 0 Å². The second-order valence-electron chi connectivity index (χ2n) is 9.42. The number of nitrogens with one attached hydrogen (secondary N) is 1. The molecule has 1 N–H and O–H groups in total. The van der Waals surface area contributed by atoms with Gasteiger partial charge in [0.05, 0.1) is 12.5 Å². The molecular weight excluding hydrogens is 438 g/mol. The highest BCUT2D eigenvalue weighted by Gasteiger charge is 2.45. The quantitative estimate of drug-likeness (QED) is 0.266. The van der Waals surface area contributed by atoms with Crippen LogP contribution in [0.15, 0.2) is 132 Å². The van der Waals surface area contributed by atoms with Crippen molar-refractivity contribution in [2.45, 2.75) is 18.8 Å². The van der Waals surface area contributed by atoms with E-state index < -0.39 is 5.41 Å². The Morgan fingerprint density at radius 2 is 1.42 bits per heavy atom. The molecule has 0 unspecified atom stereocenters. The summed E-state index contributed by atoms with van der Waals surface area (Å²) in [6.45, 7) is 2.19. The van der Waals surface area contributed by atoms with Gasteiger partial charge in [-0.15, -0.1) is 0 Å². The standard InChI is InChI=1S/C34H29NO/c1-24-21-22-27(23-24)34(26-15-7-4-8-16-26,29-18-10-12-20-31(29)36-2)33-32(25-13-5-3-6-14-25)28-17-9-11-19-30(28)35-33/h3-21,23,35H,22H2,1-2H3/t34-/m1/s1. The summed E-state index contributed by atoms with van der Waals surface area (Å²) in [5.74, 6) is 0.879. The average molecular weight is 468 g/mol. The Labute approximate surface area is 212 Å². The molecule has 0 spiro atoms. The van der Waals surface area contributed by atoms with Crippen LogP contribution >= 0.6 is 0 Å². The first kappa shape index (κ1) is 22.2. The lowest BCUT2D eigenvalue weighted by atomic mass is 9.64. The number of para-hydroxylation sites is 2. The third kappa shape index (κ3) is 3.41. The lowest BCUT2D eigenvalue weighted by Crippen LogP contribution is -2.33. The van der Waals surface area contributed by atoms with Crippen LogP contribution in [0.5, 0.6) is 5.75 Å². The number of methoxy groups -OCH3 is 1. The summed E-state index contributed by atoms with van der Waals surface area (Å²) in [6, 6.07) is 38.7. The number of benzene rings is 4. The van der Waals surface area contributed by atoms with Crippen LogP contribution in [0.25, 0.3) is 22.0 Å². The van der Waals surface area contributed by atoms with Crippen molar-refractivity contribution >= 4 is 10.9 Å². The number of ether oxygens (including phenoxy) is 1. The summed E-state index contributed by atoms with van der Waals surface area (Å²) in [5.41, 5.74) is 9.12. The third-order valence-electron chi connectivity index (χ3n) is 7.39. The highest BCUT2D eigenvalue weighted by Crippen LogP contribution is 2.54. The number of H-pyrrole nitrogens is 1. The first-order valence-corrected chi connectivity index (χ1v) is 12.5. The normalized spacial score (nSPS) is 14.8. The average Bonchev–Trinajstić information content (AvgIpc) is 3.55. The van der Waals surface area contributed by atoms with E-state index in [9.17, 15) is 0 Å². The molecule has 36 heavy (non-hydrogen) atoms. The van der Waals surface area contributed by atoms with Crippen molar-refractivity contribution in [3.63, 3.8) is 0 Å². The Hall–Kier alpha value is -4.30. The van der Waals surface area contributed by atoms with Gasteiger partial charge in [-0.1, -0.05) is 115 Å². The summed E-state index contributed by atoms with van der Waals surface area (Å²) < 4.78 is 6.04. The molecule has 0 amide bonds. The van der Waals surface area contributed by atoms with Gasteiger partial charge in [-0.05, 0) is 42.2 Å². The van der Waals surface area contributed by atoms with Gasteiger partial charge in [0.1, 0.15) is 5.75 Å². The maximum absolute atomic E-state index is 6.04. The van der Waals surface area contributed by atoms with Crippen molar-refractivity contribution in [2.24, 2.45) is 0 Å². The summed E-state index contributed by atoms with van der Waals surface area (Å²) in [4.78, 5) is 3.92. The largest absolute Gasteiger partial charge is 0.496 e. The van der Waals surface area contributed by atoms with Crippen LogP contribution in [0.4, 0.5) is 0 Å². The van der Waals surface area contributed by atoms with Gasteiger partial charge in [-0.25, -0.2) is 0 Å². The minimum atomic E-state index is -0.577. The van der Waals surface area contributed by atoms with Gasteiger partial charge >= 0.3 is 0 Å². The molecule has 0 bridgehead atoms. The molecule has 6 rings (SSSR count). The van der Waals surface area contributed by atoms with Crippen LogP contribution in [0.1, 0.15) is 30.2 Å². The molecule has 1 aliphatic carbocycles. The summed E-state index contributed by atoms with van der Waals surface area (Å²) in [5, 5.41) is 1.22. The minimum absolute atomic E-state index is 0.577. The van der Waals surface area contributed by atoms with Crippen molar-refractivity contribution in [1.29, 1.82) is 0 Å². The number of allylic oxidation sites excluding steroid dienone is 4. The van der Waals surface area contributed by atoms with Gasteiger partial charge in [-0.2, -0.15) is 0 Å². The molecule has 2 nitrogen and oxygen atoms in total. The first-order chi connectivity index (χ1) is 17.7. The van der Waals surface area contributed by atoms with Crippen molar-refractivity contribution in [2.75, 3.05) is 7.11 Å². The Kier molecular flexibility index (Phi) is 5.58. The summed E-state index contributed by atoms with van der Waals surface area (Å²) in [6.07, 6.45) is 5.56. The molecule has 0 fully saturated rings. The van der Waals surface area contributed by atoms with Gasteiger partial charge in [0.2, 0.25) is 0 Å². The Morgan fingerprint density at radius 1 is 0.750 bits per heavy atom. The molecule has 1 heterocycles. The number of aromatic amines is 1. The fraction of sp³-hybridized carbons (Fsp3) is 0.118. The van der Waals surface area contributed by atoms with Crippen LogP contribution in [-0.2, 0) is 5.41 Å². The zero-order valence-corrected chi connectivity index (χ0v) is 20.7. The van der Waals surface area contributed by atoms with Crippen LogP contribution in [0, 0.1) is 0 Å². The Balaban J connectivity index is 1.83. The fourth-order valence-electron chi connectivity index (χ4n) is 5.85. The molecule has 0 saturated heterocycles. The zero-order valence-electron chi connectivity index (χ0n) is 20.7. The van der Waals surface area contributed by atoms with Gasteiger partial charge in [0, 0.05) is 27.7 Å². The maximum Gasteiger partial charge on any atom is 0.123 e. The number of rotatable bonds is 6. The van der Waals surface area contributed by atoms with E-state index in [1.54, 1.807) is 7.11 Å². The van der Waals surface area contributed by atoms with E-state index >= 15 is 0 Å². The lowest BCUT2D eigenvalue weighted by Gasteiger charge is -2.38. The van der Waals surface area contributed by atoms with E-state index in [1.807, 2.05) is 6.07 Å². The maximum atomic E-state index is 6.04. The number of fused-ring (bicyclic) bond motifs is 1. The topological polar surface area (TPSA) is 25.0 Å². The predicted molar refractivity (Wildman–Crippen MR) is 150 cm³/mol. The molecule has 176 valence electrons. The monoisotopic (exact) mass is 467 g/mol. The van der Waals surface area contributed by atoms with Crippen molar-refractivity contribution in [3.8, 4) is 16.9 Å². The molecule has 0 saturated carbocycles. The van der Waals surface area contributed by atoms with E-state index in [0.717, 1.165) is 23.3 Å². The van der Waals surface area contributed by atoms with Gasteiger partial charge in [0.15, 0.2) is 0 Å². The molecule has 1 aromatic heterocycles. The first-order valence-electron chi connectivity index (χ1n) is 12.5. The fourth-order valence-corrected chi connectivity index (χ4v) is 5.85. The van der Waals surface area contributed by atoms with Gasteiger partial charge in [0.25, 0.3) is 0 Å². The van der Waals surface area contributed by atoms with Gasteiger partial charge < -0.3 is 9.72 Å². The third-order valence-corrected chi connectivity index (χ3v) is 7.39. The summed E-state index contributed by atoms with van der Waals surface area (Å²) in [7, 11) is 1.77. The second kappa shape index (κ2) is 9.05. The number of hydrogen-bond donors (Lipinski definition) is 1. The second-order valence-corrected chi connectivity index (χ2v) is 9.42. The van der Waals surface area contributed by atoms with E-state index in [-0.39, 0.29) is 0 Å². The molecular formula is C34H29NO. The molecule has 2 heteroatoms. The molecule has 1 aliphatic rings. The smallest absolute Gasteiger partial charge is 0.123 e. The van der Waals surface area contributed by atoms with Gasteiger partial charge in [-0.3, -0.25) is 0 Å². The number of aromatic nitrogens is 1. The highest BCUT2D eigenvalue weighted by molar-refractivity contribution is 5.99. The van der Waals surface area contributed by atoms with E-state index in [1.165, 1.54) is 38.9 Å². The predicted octanol–water partition coefficient (Wildman–Crippen LogP) is 8.45. The van der Waals surface area contributed by atoms with E-state index in [4.69, 9.17) is 4.74 Å². The van der Waals surface area contributed by atoms with Crippen molar-refractivity contribution in [3.05, 3.63) is 149 Å². The van der Waals surface area contributed by atoms with Crippen LogP contribution in [0.3, 0.4) is 0 Å². The SMILES string of the molecule is COc1ccccc1[C@](C1=CC(C)=CC1)(c1ccccc1)c1[nH]c2ccccc2c1-c1ccccc1. The number of hydrogen-bond acceptors (Lipinski definition) is 1. The van der Waals surface area contributed by atoms with Crippen molar-refractivity contribution in [1.82, 2.24) is 4.98 Å². The summed E-state index contributed by atoms with van der Waals surface area (Å²) >= 11 is 0. The van der Waals surface area contributed by atoms with Crippen LogP contribution in [-0.4, -0.2) is 12.1 Å². The van der Waals surface area contributed by atoms with Crippen molar-refractivity contribution < 1.29 is 4.74 Å². The Bertz CT molecular complexity index is 1590. The molecule has 5 aromatic rings. The molecule has 0 radical (unpaired) electrons. The minimum Gasteiger partial charge on any atom is -0.496 e. The zero-order chi connectivity index (χ0) is 24.5. The van der Waals surface area contributed by atoms with E-state index in [2.05, 4.69) is 127 Å². The lowest BCUT2D eigenvalue weighted by molar-refractivity contribution is 0.404. The molecule has 1 atom stereocenters.